The van der Waals surface area contributed by atoms with E-state index in [1.807, 2.05) is 12.1 Å². The summed E-state index contributed by atoms with van der Waals surface area (Å²) in [4.78, 5) is 0.835. The van der Waals surface area contributed by atoms with E-state index in [1.165, 1.54) is 23.9 Å². The number of amidine groups is 1. The molecule has 6 heteroatoms. The Labute approximate surface area is 125 Å². The SMILES string of the molecule is N/C(=N/O)c1ccc(CSc2cccc(F)c2)c(Cl)c1. The maximum atomic E-state index is 13.1. The molecule has 0 bridgehead atoms. The zero-order valence-corrected chi connectivity index (χ0v) is 12.0. The van der Waals surface area contributed by atoms with Crippen LogP contribution in [-0.4, -0.2) is 11.0 Å². The van der Waals surface area contributed by atoms with E-state index in [9.17, 15) is 4.39 Å². The fourth-order valence-electron chi connectivity index (χ4n) is 1.60. The minimum atomic E-state index is -0.261. The van der Waals surface area contributed by atoms with Gasteiger partial charge in [0.15, 0.2) is 5.84 Å². The molecule has 0 spiro atoms. The van der Waals surface area contributed by atoms with Crippen molar-refractivity contribution in [2.75, 3.05) is 0 Å². The van der Waals surface area contributed by atoms with Crippen LogP contribution in [0.3, 0.4) is 0 Å². The van der Waals surface area contributed by atoms with Crippen LogP contribution in [0.4, 0.5) is 4.39 Å². The average Bonchev–Trinajstić information content (AvgIpc) is 2.45. The first kappa shape index (κ1) is 14.7. The standard InChI is InChI=1S/C14H12ClFN2OS/c15-13-6-9(14(17)18-19)4-5-10(13)8-20-12-3-1-2-11(16)7-12/h1-7,19H,8H2,(H2,17,18). The van der Waals surface area contributed by atoms with Gasteiger partial charge in [-0.2, -0.15) is 0 Å². The lowest BCUT2D eigenvalue weighted by molar-refractivity contribution is 0.318. The minimum absolute atomic E-state index is 0.0104. The van der Waals surface area contributed by atoms with Crippen LogP contribution in [0.5, 0.6) is 0 Å². The molecule has 3 nitrogen and oxygen atoms in total. The van der Waals surface area contributed by atoms with E-state index >= 15 is 0 Å². The number of hydrogen-bond donors (Lipinski definition) is 2. The summed E-state index contributed by atoms with van der Waals surface area (Å²) in [5.74, 6) is 0.359. The number of rotatable bonds is 4. The lowest BCUT2D eigenvalue weighted by Gasteiger charge is -2.06. The van der Waals surface area contributed by atoms with Crippen LogP contribution in [0.15, 0.2) is 52.5 Å². The average molecular weight is 311 g/mol. The van der Waals surface area contributed by atoms with Crippen LogP contribution in [0.1, 0.15) is 11.1 Å². The van der Waals surface area contributed by atoms with Gasteiger partial charge in [0.2, 0.25) is 0 Å². The quantitative estimate of drug-likeness (QED) is 0.296. The Bertz CT molecular complexity index is 649. The van der Waals surface area contributed by atoms with Crippen LogP contribution in [-0.2, 0) is 5.75 Å². The van der Waals surface area contributed by atoms with Crippen molar-refractivity contribution in [3.05, 3.63) is 64.4 Å². The summed E-state index contributed by atoms with van der Waals surface area (Å²) < 4.78 is 13.1. The molecule has 0 atom stereocenters. The van der Waals surface area contributed by atoms with Crippen molar-refractivity contribution >= 4 is 29.2 Å². The van der Waals surface area contributed by atoms with Crippen LogP contribution in [0, 0.1) is 5.82 Å². The van der Waals surface area contributed by atoms with Crippen LogP contribution in [0.25, 0.3) is 0 Å². The summed E-state index contributed by atoms with van der Waals surface area (Å²) >= 11 is 7.63. The fraction of sp³-hybridized carbons (Fsp3) is 0.0714. The molecule has 0 unspecified atom stereocenters. The molecule has 0 aliphatic carbocycles. The van der Waals surface area contributed by atoms with Gasteiger partial charge >= 0.3 is 0 Å². The van der Waals surface area contributed by atoms with Crippen molar-refractivity contribution < 1.29 is 9.60 Å². The van der Waals surface area contributed by atoms with Gasteiger partial charge in [-0.3, -0.25) is 0 Å². The highest BCUT2D eigenvalue weighted by molar-refractivity contribution is 7.98. The van der Waals surface area contributed by atoms with Crippen LogP contribution in [0.2, 0.25) is 5.02 Å². The van der Waals surface area contributed by atoms with E-state index in [0.717, 1.165) is 10.5 Å². The Morgan fingerprint density at radius 3 is 2.75 bits per heavy atom. The number of hydrogen-bond acceptors (Lipinski definition) is 3. The molecule has 0 saturated heterocycles. The van der Waals surface area contributed by atoms with Crippen molar-refractivity contribution in [2.45, 2.75) is 10.6 Å². The lowest BCUT2D eigenvalue weighted by Crippen LogP contribution is -2.12. The zero-order chi connectivity index (χ0) is 14.5. The molecule has 0 saturated carbocycles. The monoisotopic (exact) mass is 310 g/mol. The van der Waals surface area contributed by atoms with Gasteiger partial charge in [-0.15, -0.1) is 11.8 Å². The normalized spacial score (nSPS) is 11.6. The number of oxime groups is 1. The maximum absolute atomic E-state index is 13.1. The van der Waals surface area contributed by atoms with Gasteiger partial charge in [0.1, 0.15) is 5.82 Å². The molecule has 0 aliphatic rings. The largest absolute Gasteiger partial charge is 0.409 e. The van der Waals surface area contributed by atoms with Crippen LogP contribution >= 0.6 is 23.4 Å². The topological polar surface area (TPSA) is 58.6 Å². The second kappa shape index (κ2) is 6.63. The Morgan fingerprint density at radius 2 is 2.10 bits per heavy atom. The van der Waals surface area contributed by atoms with E-state index in [4.69, 9.17) is 22.5 Å². The zero-order valence-electron chi connectivity index (χ0n) is 10.4. The van der Waals surface area contributed by atoms with Crippen LogP contribution < -0.4 is 5.73 Å². The number of thioether (sulfide) groups is 1. The summed E-state index contributed by atoms with van der Waals surface area (Å²) in [7, 11) is 0. The highest BCUT2D eigenvalue weighted by atomic mass is 35.5. The minimum Gasteiger partial charge on any atom is -0.409 e. The Balaban J connectivity index is 2.11. The lowest BCUT2D eigenvalue weighted by atomic mass is 10.1. The van der Waals surface area contributed by atoms with Gasteiger partial charge in [0.05, 0.1) is 0 Å². The van der Waals surface area contributed by atoms with Gasteiger partial charge in [-0.25, -0.2) is 4.39 Å². The molecule has 3 N–H and O–H groups in total. The van der Waals surface area contributed by atoms with Gasteiger partial charge in [-0.1, -0.05) is 35.0 Å². The van der Waals surface area contributed by atoms with Crippen molar-refractivity contribution in [3.63, 3.8) is 0 Å². The molecule has 0 heterocycles. The first-order valence-electron chi connectivity index (χ1n) is 5.75. The van der Waals surface area contributed by atoms with E-state index in [2.05, 4.69) is 5.16 Å². The second-order valence-corrected chi connectivity index (χ2v) is 5.49. The molecule has 0 amide bonds. The molecule has 20 heavy (non-hydrogen) atoms. The van der Waals surface area contributed by atoms with Crippen molar-refractivity contribution in [3.8, 4) is 0 Å². The number of halogens is 2. The van der Waals surface area contributed by atoms with Crippen molar-refractivity contribution in [1.29, 1.82) is 0 Å². The Hall–Kier alpha value is -1.72. The Morgan fingerprint density at radius 1 is 1.30 bits per heavy atom. The third kappa shape index (κ3) is 3.65. The summed E-state index contributed by atoms with van der Waals surface area (Å²) in [6.07, 6.45) is 0. The molecule has 2 aromatic carbocycles. The van der Waals surface area contributed by atoms with Gasteiger partial charge in [0.25, 0.3) is 0 Å². The molecular weight excluding hydrogens is 299 g/mol. The van der Waals surface area contributed by atoms with Crippen molar-refractivity contribution in [2.24, 2.45) is 10.9 Å². The summed E-state index contributed by atoms with van der Waals surface area (Å²) in [6.45, 7) is 0. The molecule has 2 aromatic rings. The van der Waals surface area contributed by atoms with Gasteiger partial charge in [-0.05, 0) is 29.8 Å². The maximum Gasteiger partial charge on any atom is 0.170 e. The highest BCUT2D eigenvalue weighted by Gasteiger charge is 2.06. The molecule has 0 aromatic heterocycles. The van der Waals surface area contributed by atoms with Gasteiger partial charge < -0.3 is 10.9 Å². The summed E-state index contributed by atoms with van der Waals surface area (Å²) in [5.41, 5.74) is 6.94. The third-order valence-corrected chi connectivity index (χ3v) is 4.04. The Kier molecular flexibility index (Phi) is 4.87. The highest BCUT2D eigenvalue weighted by Crippen LogP contribution is 2.27. The molecular formula is C14H12ClFN2OS. The molecule has 104 valence electrons. The first-order chi connectivity index (χ1) is 9.60. The first-order valence-corrected chi connectivity index (χ1v) is 7.11. The van der Waals surface area contributed by atoms with Crippen molar-refractivity contribution in [1.82, 2.24) is 0 Å². The number of benzene rings is 2. The predicted octanol–water partition coefficient (Wildman–Crippen LogP) is 3.87. The molecule has 0 fully saturated rings. The fourth-order valence-corrected chi connectivity index (χ4v) is 2.87. The number of nitrogens with zero attached hydrogens (tertiary/aromatic N) is 1. The van der Waals surface area contributed by atoms with E-state index < -0.39 is 0 Å². The summed E-state index contributed by atoms with van der Waals surface area (Å²) in [5, 5.41) is 12.1. The molecule has 0 radical (unpaired) electrons. The summed E-state index contributed by atoms with van der Waals surface area (Å²) in [6, 6.07) is 11.6. The van der Waals surface area contributed by atoms with E-state index in [1.54, 1.807) is 18.2 Å². The second-order valence-electron chi connectivity index (χ2n) is 4.04. The third-order valence-electron chi connectivity index (χ3n) is 2.65. The van der Waals surface area contributed by atoms with Gasteiger partial charge in [0, 0.05) is 21.2 Å². The van der Waals surface area contributed by atoms with E-state index in [0.29, 0.717) is 16.3 Å². The molecule has 0 aliphatic heterocycles. The predicted molar refractivity (Wildman–Crippen MR) is 79.9 cm³/mol. The smallest absolute Gasteiger partial charge is 0.170 e. The van der Waals surface area contributed by atoms with E-state index in [-0.39, 0.29) is 11.7 Å². The molecule has 2 rings (SSSR count). The number of nitrogens with two attached hydrogens (primary N) is 1.